The Morgan fingerprint density at radius 1 is 1.18 bits per heavy atom. The zero-order valence-electron chi connectivity index (χ0n) is 18.0. The predicted octanol–water partition coefficient (Wildman–Crippen LogP) is 3.42. The summed E-state index contributed by atoms with van der Waals surface area (Å²) in [6, 6.07) is 5.82. The highest BCUT2D eigenvalue weighted by atomic mass is 35.5. The Morgan fingerprint density at radius 3 is 2.79 bits per heavy atom. The number of rotatable bonds is 4. The fourth-order valence-corrected chi connectivity index (χ4v) is 4.45. The number of nitrogens with zero attached hydrogens (tertiary/aromatic N) is 6. The molecule has 4 aromatic rings. The van der Waals surface area contributed by atoms with Crippen LogP contribution < -0.4 is 10.2 Å². The second-order valence-electron chi connectivity index (χ2n) is 8.61. The van der Waals surface area contributed by atoms with Crippen LogP contribution in [0.4, 0.5) is 11.5 Å². The van der Waals surface area contributed by atoms with Crippen LogP contribution in [0.15, 0.2) is 36.8 Å². The van der Waals surface area contributed by atoms with Gasteiger partial charge >= 0.3 is 0 Å². The lowest BCUT2D eigenvalue weighted by atomic mass is 10.1. The summed E-state index contributed by atoms with van der Waals surface area (Å²) in [6.45, 7) is 5.20. The highest BCUT2D eigenvalue weighted by molar-refractivity contribution is 6.34. The number of nitrogens with one attached hydrogen (secondary N) is 1. The first kappa shape index (κ1) is 20.3. The van der Waals surface area contributed by atoms with Gasteiger partial charge in [0.25, 0.3) is 0 Å². The molecule has 2 fully saturated rings. The van der Waals surface area contributed by atoms with Gasteiger partial charge in [-0.25, -0.2) is 19.5 Å². The van der Waals surface area contributed by atoms with E-state index >= 15 is 0 Å². The number of morpholine rings is 1. The van der Waals surface area contributed by atoms with Gasteiger partial charge in [-0.1, -0.05) is 18.5 Å². The normalized spacial score (nSPS) is 20.4. The molecule has 1 amide bonds. The van der Waals surface area contributed by atoms with E-state index in [-0.39, 0.29) is 11.8 Å². The molecule has 2 atom stereocenters. The zero-order valence-corrected chi connectivity index (χ0v) is 18.8. The molecular formula is C23H22ClN7O2. The lowest BCUT2D eigenvalue weighted by Crippen LogP contribution is -2.36. The topological polar surface area (TPSA) is 97.5 Å². The second-order valence-corrected chi connectivity index (χ2v) is 8.97. The Kier molecular flexibility index (Phi) is 4.88. The molecule has 1 aliphatic heterocycles. The molecule has 9 nitrogen and oxygen atoms in total. The van der Waals surface area contributed by atoms with Crippen LogP contribution in [-0.2, 0) is 9.53 Å². The summed E-state index contributed by atoms with van der Waals surface area (Å²) in [5.74, 6) is 1.49. The monoisotopic (exact) mass is 463 g/mol. The number of pyridine rings is 3. The molecule has 0 spiro atoms. The standard InChI is InChI=1S/C23H22ClN7O2/c1-13-8-15(13)23(32)27-19-9-16-17(10-25-19)21(24)26-11-18(16)22-28-20-3-2-14(12-31(20)29-22)30-4-6-33-7-5-30/h2-3,9-13,15H,4-8H2,1H3,(H,25,27,32)/t13-,15+/m1/s1. The van der Waals surface area contributed by atoms with Crippen molar-refractivity contribution in [1.29, 1.82) is 0 Å². The lowest BCUT2D eigenvalue weighted by Gasteiger charge is -2.28. The van der Waals surface area contributed by atoms with E-state index in [1.54, 1.807) is 16.9 Å². The van der Waals surface area contributed by atoms with Crippen molar-refractivity contribution in [3.63, 3.8) is 0 Å². The fourth-order valence-electron chi connectivity index (χ4n) is 4.25. The number of hydrogen-bond donors (Lipinski definition) is 1. The van der Waals surface area contributed by atoms with Gasteiger partial charge in [-0.05, 0) is 30.5 Å². The minimum absolute atomic E-state index is 0.00227. The van der Waals surface area contributed by atoms with Crippen LogP contribution in [0.5, 0.6) is 0 Å². The Hall–Kier alpha value is -3.30. The summed E-state index contributed by atoms with van der Waals surface area (Å²) in [5.41, 5.74) is 2.53. The fraction of sp³-hybridized carbons (Fsp3) is 0.348. The highest BCUT2D eigenvalue weighted by Gasteiger charge is 2.39. The molecule has 1 aliphatic carbocycles. The van der Waals surface area contributed by atoms with Crippen molar-refractivity contribution in [3.05, 3.63) is 41.9 Å². The van der Waals surface area contributed by atoms with Crippen LogP contribution in [0.2, 0.25) is 5.15 Å². The van der Waals surface area contributed by atoms with Gasteiger partial charge in [-0.3, -0.25) is 4.79 Å². The van der Waals surface area contributed by atoms with Crippen LogP contribution in [0.3, 0.4) is 0 Å². The minimum Gasteiger partial charge on any atom is -0.378 e. The quantitative estimate of drug-likeness (QED) is 0.463. The van der Waals surface area contributed by atoms with E-state index in [1.807, 2.05) is 24.4 Å². The first-order chi connectivity index (χ1) is 16.1. The first-order valence-corrected chi connectivity index (χ1v) is 11.4. The third-order valence-corrected chi connectivity index (χ3v) is 6.65. The molecule has 5 heterocycles. The van der Waals surface area contributed by atoms with E-state index in [4.69, 9.17) is 26.4 Å². The van der Waals surface area contributed by atoms with Crippen molar-refractivity contribution in [2.24, 2.45) is 11.8 Å². The maximum absolute atomic E-state index is 12.4. The van der Waals surface area contributed by atoms with Gasteiger partial charge in [0, 0.05) is 47.7 Å². The van der Waals surface area contributed by atoms with Crippen LogP contribution in [0, 0.1) is 11.8 Å². The van der Waals surface area contributed by atoms with Crippen LogP contribution in [-0.4, -0.2) is 56.8 Å². The number of fused-ring (bicyclic) bond motifs is 2. The Balaban J connectivity index is 1.38. The van der Waals surface area contributed by atoms with Crippen molar-refractivity contribution >= 4 is 45.4 Å². The van der Waals surface area contributed by atoms with Gasteiger partial charge in [0.2, 0.25) is 5.91 Å². The van der Waals surface area contributed by atoms with Crippen LogP contribution in [0.1, 0.15) is 13.3 Å². The van der Waals surface area contributed by atoms with Gasteiger partial charge in [-0.15, -0.1) is 5.10 Å². The van der Waals surface area contributed by atoms with Gasteiger partial charge in [0.1, 0.15) is 11.0 Å². The Labute approximate surface area is 194 Å². The van der Waals surface area contributed by atoms with Crippen molar-refractivity contribution in [2.45, 2.75) is 13.3 Å². The molecule has 6 rings (SSSR count). The zero-order chi connectivity index (χ0) is 22.5. The number of hydrogen-bond acceptors (Lipinski definition) is 7. The molecule has 1 N–H and O–H groups in total. The number of anilines is 2. The van der Waals surface area contributed by atoms with Crippen LogP contribution in [0.25, 0.3) is 27.8 Å². The number of aromatic nitrogens is 5. The van der Waals surface area contributed by atoms with Crippen molar-refractivity contribution in [2.75, 3.05) is 36.5 Å². The highest BCUT2D eigenvalue weighted by Crippen LogP contribution is 2.38. The molecular weight excluding hydrogens is 442 g/mol. The number of ether oxygens (including phenoxy) is 1. The van der Waals surface area contributed by atoms with Crippen molar-refractivity contribution in [3.8, 4) is 11.4 Å². The van der Waals surface area contributed by atoms with E-state index in [0.29, 0.717) is 28.1 Å². The third-order valence-electron chi connectivity index (χ3n) is 6.35. The van der Waals surface area contributed by atoms with Crippen molar-refractivity contribution < 1.29 is 9.53 Å². The maximum atomic E-state index is 12.4. The SMILES string of the molecule is C[C@@H]1C[C@@H]1C(=O)Nc1cc2c(-c3nc4ccc(N5CCOCC5)cn4n3)cnc(Cl)c2cn1. The summed E-state index contributed by atoms with van der Waals surface area (Å²) in [4.78, 5) is 28.0. The second kappa shape index (κ2) is 7.93. The molecule has 33 heavy (non-hydrogen) atoms. The van der Waals surface area contributed by atoms with Crippen molar-refractivity contribution in [1.82, 2.24) is 24.6 Å². The lowest BCUT2D eigenvalue weighted by molar-refractivity contribution is -0.117. The van der Waals surface area contributed by atoms with E-state index in [2.05, 4.69) is 27.1 Å². The smallest absolute Gasteiger partial charge is 0.228 e. The summed E-state index contributed by atoms with van der Waals surface area (Å²) >= 11 is 6.34. The molecule has 0 aromatic carbocycles. The van der Waals surface area contributed by atoms with E-state index in [0.717, 1.165) is 55.0 Å². The number of amides is 1. The van der Waals surface area contributed by atoms with Gasteiger partial charge in [0.05, 0.1) is 25.1 Å². The minimum atomic E-state index is -0.00227. The van der Waals surface area contributed by atoms with E-state index < -0.39 is 0 Å². The number of halogens is 1. The first-order valence-electron chi connectivity index (χ1n) is 11.0. The molecule has 1 saturated carbocycles. The average molecular weight is 464 g/mol. The Bertz CT molecular complexity index is 1380. The van der Waals surface area contributed by atoms with Gasteiger partial charge in [-0.2, -0.15) is 0 Å². The molecule has 0 unspecified atom stereocenters. The summed E-state index contributed by atoms with van der Waals surface area (Å²) in [5, 5.41) is 9.44. The molecule has 0 radical (unpaired) electrons. The van der Waals surface area contributed by atoms with E-state index in [1.165, 1.54) is 0 Å². The average Bonchev–Trinajstić information content (AvgIpc) is 3.42. The largest absolute Gasteiger partial charge is 0.378 e. The van der Waals surface area contributed by atoms with Gasteiger partial charge < -0.3 is 15.0 Å². The third kappa shape index (κ3) is 3.77. The number of carbonyl (C=O) groups is 1. The summed E-state index contributed by atoms with van der Waals surface area (Å²) in [7, 11) is 0. The molecule has 4 aromatic heterocycles. The molecule has 2 aliphatic rings. The molecule has 1 saturated heterocycles. The molecule has 0 bridgehead atoms. The Morgan fingerprint density at radius 2 is 2.00 bits per heavy atom. The van der Waals surface area contributed by atoms with Gasteiger partial charge in [0.15, 0.2) is 11.5 Å². The molecule has 168 valence electrons. The molecule has 10 heteroatoms. The number of carbonyl (C=O) groups excluding carboxylic acids is 1. The van der Waals surface area contributed by atoms with Crippen LogP contribution >= 0.6 is 11.6 Å². The van der Waals surface area contributed by atoms with E-state index in [9.17, 15) is 4.79 Å². The summed E-state index contributed by atoms with van der Waals surface area (Å²) < 4.78 is 7.23. The maximum Gasteiger partial charge on any atom is 0.228 e. The predicted molar refractivity (Wildman–Crippen MR) is 125 cm³/mol. The summed E-state index contributed by atoms with van der Waals surface area (Å²) in [6.07, 6.45) is 6.19.